The fraction of sp³-hybridized carbons (Fsp3) is 0.913. The maximum Gasteiger partial charge on any atom is 0.230 e. The molecule has 3 N–H and O–H groups in total. The fourth-order valence-electron chi connectivity index (χ4n) is 6.15. The zero-order chi connectivity index (χ0) is 23.7. The van der Waals surface area contributed by atoms with E-state index in [-0.39, 0.29) is 66.5 Å². The summed E-state index contributed by atoms with van der Waals surface area (Å²) in [5, 5.41) is 9.08. The van der Waals surface area contributed by atoms with Crippen molar-refractivity contribution in [1.29, 1.82) is 0 Å². The number of halogens is 2. The van der Waals surface area contributed by atoms with E-state index in [2.05, 4.69) is 20.9 Å². The second-order valence-electron chi connectivity index (χ2n) is 10.4. The lowest BCUT2D eigenvalue weighted by Crippen LogP contribution is -2.65. The molecule has 8 nitrogen and oxygen atoms in total. The number of hydrogen-bond donors (Lipinski definition) is 3. The second-order valence-corrected chi connectivity index (χ2v) is 11.5. The number of amides is 2. The van der Waals surface area contributed by atoms with Crippen LogP contribution in [0.2, 0.25) is 0 Å². The molecule has 5 rings (SSSR count). The smallest absolute Gasteiger partial charge is 0.230 e. The summed E-state index contributed by atoms with van der Waals surface area (Å²) in [5.41, 5.74) is -0.359. The van der Waals surface area contributed by atoms with E-state index in [1.165, 1.54) is 11.8 Å². The van der Waals surface area contributed by atoms with Gasteiger partial charge in [0.25, 0.3) is 0 Å². The summed E-state index contributed by atoms with van der Waals surface area (Å²) in [4.78, 5) is 27.5. The van der Waals surface area contributed by atoms with E-state index in [1.54, 1.807) is 0 Å². The molecule has 34 heavy (non-hydrogen) atoms. The summed E-state index contributed by atoms with van der Waals surface area (Å²) in [6, 6.07) is -0.684. The standard InChI is InChI=1S/C23H36F2N4O4S/c24-14-2-3-16(25)18(8-14)26-21(30)11-34-23-27-17-5-6-29(10-15(17)22(31)28-23)9-13-1-4-19-20(7-13)33-12-32-19/h13-20,23,27H,1-12H2,(H,26,30)(H,28,31). The van der Waals surface area contributed by atoms with Crippen molar-refractivity contribution in [2.24, 2.45) is 11.8 Å². The van der Waals surface area contributed by atoms with Crippen LogP contribution in [0, 0.1) is 11.8 Å². The maximum atomic E-state index is 14.0. The van der Waals surface area contributed by atoms with Gasteiger partial charge in [0.15, 0.2) is 0 Å². The summed E-state index contributed by atoms with van der Waals surface area (Å²) in [7, 11) is 0. The molecule has 3 aliphatic heterocycles. The van der Waals surface area contributed by atoms with Crippen LogP contribution < -0.4 is 16.0 Å². The third kappa shape index (κ3) is 5.86. The number of carbonyl (C=O) groups excluding carboxylic acids is 2. The van der Waals surface area contributed by atoms with Gasteiger partial charge >= 0.3 is 0 Å². The summed E-state index contributed by atoms with van der Waals surface area (Å²) in [6.45, 7) is 3.06. The van der Waals surface area contributed by atoms with Crippen molar-refractivity contribution >= 4 is 23.6 Å². The minimum absolute atomic E-state index is 0.0129. The normalized spacial score (nSPS) is 43.0. The highest BCUT2D eigenvalue weighted by Crippen LogP contribution is 2.34. The lowest BCUT2D eigenvalue weighted by atomic mass is 9.83. The molecule has 2 aliphatic carbocycles. The van der Waals surface area contributed by atoms with Crippen LogP contribution in [-0.2, 0) is 19.1 Å². The molecule has 2 saturated carbocycles. The second kappa shape index (κ2) is 10.9. The zero-order valence-corrected chi connectivity index (χ0v) is 20.2. The van der Waals surface area contributed by atoms with Crippen molar-refractivity contribution in [2.75, 3.05) is 32.2 Å². The van der Waals surface area contributed by atoms with Gasteiger partial charge in [-0.15, -0.1) is 11.8 Å². The number of hydrogen-bond acceptors (Lipinski definition) is 7. The first kappa shape index (κ1) is 24.7. The monoisotopic (exact) mass is 502 g/mol. The third-order valence-corrected chi connectivity index (χ3v) is 9.04. The van der Waals surface area contributed by atoms with E-state index < -0.39 is 18.4 Å². The number of ether oxygens (including phenoxy) is 2. The lowest BCUT2D eigenvalue weighted by Gasteiger charge is -2.44. The molecule has 5 aliphatic rings. The molecule has 0 aromatic carbocycles. The van der Waals surface area contributed by atoms with Crippen LogP contribution >= 0.6 is 11.8 Å². The number of fused-ring (bicyclic) bond motifs is 2. The Morgan fingerprint density at radius 1 is 1.12 bits per heavy atom. The van der Waals surface area contributed by atoms with Gasteiger partial charge in [-0.05, 0) is 51.0 Å². The van der Waals surface area contributed by atoms with E-state index in [0.717, 1.165) is 45.3 Å². The zero-order valence-electron chi connectivity index (χ0n) is 19.4. The van der Waals surface area contributed by atoms with Crippen LogP contribution in [0.5, 0.6) is 0 Å². The van der Waals surface area contributed by atoms with Crippen molar-refractivity contribution in [3.8, 4) is 0 Å². The lowest BCUT2D eigenvalue weighted by molar-refractivity contribution is -0.131. The topological polar surface area (TPSA) is 91.9 Å². The van der Waals surface area contributed by atoms with Crippen LogP contribution in [0.15, 0.2) is 0 Å². The number of likely N-dealkylation sites (tertiary alicyclic amines) is 1. The third-order valence-electron chi connectivity index (χ3n) is 8.02. The van der Waals surface area contributed by atoms with Gasteiger partial charge in [-0.25, -0.2) is 8.78 Å². The Bertz CT molecular complexity index is 752. The summed E-state index contributed by atoms with van der Waals surface area (Å²) in [5.74, 6) is 0.224. The van der Waals surface area contributed by atoms with Gasteiger partial charge in [0, 0.05) is 25.6 Å². The molecule has 192 valence electrons. The van der Waals surface area contributed by atoms with Crippen LogP contribution in [0.3, 0.4) is 0 Å². The summed E-state index contributed by atoms with van der Waals surface area (Å²) >= 11 is 1.28. The van der Waals surface area contributed by atoms with Gasteiger partial charge in [-0.2, -0.15) is 0 Å². The van der Waals surface area contributed by atoms with E-state index in [0.29, 0.717) is 12.7 Å². The van der Waals surface area contributed by atoms with Crippen LogP contribution in [0.1, 0.15) is 44.9 Å². The summed E-state index contributed by atoms with van der Waals surface area (Å²) < 4.78 is 38.8. The van der Waals surface area contributed by atoms with Crippen molar-refractivity contribution in [2.45, 2.75) is 87.1 Å². The van der Waals surface area contributed by atoms with E-state index in [9.17, 15) is 18.4 Å². The number of carbonyl (C=O) groups is 2. The molecular weight excluding hydrogens is 466 g/mol. The van der Waals surface area contributed by atoms with Crippen molar-refractivity contribution < 1.29 is 27.8 Å². The Hall–Kier alpha value is -1.01. The van der Waals surface area contributed by atoms with Gasteiger partial charge in [-0.3, -0.25) is 14.9 Å². The molecule has 0 spiro atoms. The Morgan fingerprint density at radius 2 is 1.97 bits per heavy atom. The van der Waals surface area contributed by atoms with Gasteiger partial charge in [0.05, 0.1) is 29.9 Å². The predicted octanol–water partition coefficient (Wildman–Crippen LogP) is 1.30. The molecule has 9 atom stereocenters. The molecule has 2 amide bonds. The molecule has 0 radical (unpaired) electrons. The number of rotatable bonds is 6. The van der Waals surface area contributed by atoms with Crippen LogP contribution in [0.4, 0.5) is 8.78 Å². The van der Waals surface area contributed by atoms with E-state index in [4.69, 9.17) is 9.47 Å². The first-order valence-electron chi connectivity index (χ1n) is 12.7. The summed E-state index contributed by atoms with van der Waals surface area (Å²) in [6.07, 6.45) is 2.68. The Labute approximate surface area is 203 Å². The van der Waals surface area contributed by atoms with Gasteiger partial charge < -0.3 is 25.0 Å². The van der Waals surface area contributed by atoms with Crippen molar-refractivity contribution in [1.82, 2.24) is 20.9 Å². The predicted molar refractivity (Wildman–Crippen MR) is 123 cm³/mol. The number of nitrogens with one attached hydrogen (secondary N) is 3. The Balaban J connectivity index is 1.04. The number of thioether (sulfide) groups is 1. The highest BCUT2D eigenvalue weighted by Gasteiger charge is 2.42. The number of nitrogens with zero attached hydrogens (tertiary/aromatic N) is 1. The first-order chi connectivity index (χ1) is 16.4. The van der Waals surface area contributed by atoms with Gasteiger partial charge in [-0.1, -0.05) is 0 Å². The molecule has 9 unspecified atom stereocenters. The Morgan fingerprint density at radius 3 is 2.85 bits per heavy atom. The number of piperidine rings is 1. The minimum Gasteiger partial charge on any atom is -0.350 e. The average Bonchev–Trinajstić information content (AvgIpc) is 3.28. The molecule has 0 bridgehead atoms. The van der Waals surface area contributed by atoms with Gasteiger partial charge in [0.2, 0.25) is 11.8 Å². The average molecular weight is 503 g/mol. The molecule has 0 aromatic rings. The highest BCUT2D eigenvalue weighted by atomic mass is 32.2. The maximum absolute atomic E-state index is 14.0. The van der Waals surface area contributed by atoms with E-state index in [1.807, 2.05) is 0 Å². The van der Waals surface area contributed by atoms with Crippen molar-refractivity contribution in [3.63, 3.8) is 0 Å². The van der Waals surface area contributed by atoms with E-state index >= 15 is 0 Å². The number of alkyl halides is 2. The van der Waals surface area contributed by atoms with Gasteiger partial charge in [0.1, 0.15) is 24.6 Å². The van der Waals surface area contributed by atoms with Crippen LogP contribution in [-0.4, -0.2) is 91.0 Å². The molecule has 5 fully saturated rings. The van der Waals surface area contributed by atoms with Crippen molar-refractivity contribution in [3.05, 3.63) is 0 Å². The highest BCUT2D eigenvalue weighted by molar-refractivity contribution is 8.00. The first-order valence-corrected chi connectivity index (χ1v) is 13.7. The fourth-order valence-corrected chi connectivity index (χ4v) is 7.02. The molecule has 3 heterocycles. The molecule has 3 saturated heterocycles. The van der Waals surface area contributed by atoms with Crippen LogP contribution in [0.25, 0.3) is 0 Å². The largest absolute Gasteiger partial charge is 0.350 e. The minimum atomic E-state index is -1.20. The SMILES string of the molecule is O=C(CSC1NC(=O)C2CN(CC3CCC4OCOC4C3)CCC2N1)NC1CC(F)CCC1F. The molecule has 11 heteroatoms. The molecule has 0 aromatic heterocycles. The Kier molecular flexibility index (Phi) is 7.94. The quantitative estimate of drug-likeness (QED) is 0.504. The molecular formula is C23H36F2N4O4S.